The Labute approximate surface area is 315 Å². The van der Waals surface area contributed by atoms with Gasteiger partial charge in [-0.3, -0.25) is 9.59 Å². The molecule has 1 aromatic heterocycles. The van der Waals surface area contributed by atoms with Crippen molar-refractivity contribution in [2.24, 2.45) is 57.7 Å². The predicted molar refractivity (Wildman–Crippen MR) is 188 cm³/mol. The van der Waals surface area contributed by atoms with Gasteiger partial charge in [0.1, 0.15) is 30.2 Å². The molecule has 5 aliphatic heterocycles. The first-order valence-electron chi connectivity index (χ1n) is 20.5. The van der Waals surface area contributed by atoms with Crippen LogP contribution in [0.1, 0.15) is 90.1 Å². The zero-order valence-corrected chi connectivity index (χ0v) is 31.8. The predicted octanol–water partition coefficient (Wildman–Crippen LogP) is 2.19. The van der Waals surface area contributed by atoms with Crippen LogP contribution in [0.25, 0.3) is 0 Å². The molecule has 13 heteroatoms. The van der Waals surface area contributed by atoms with Crippen LogP contribution in [0.3, 0.4) is 0 Å². The molecule has 6 heterocycles. The van der Waals surface area contributed by atoms with Gasteiger partial charge in [-0.15, -0.1) is 0 Å². The van der Waals surface area contributed by atoms with Crippen LogP contribution >= 0.6 is 0 Å². The molecule has 1 aromatic rings. The lowest BCUT2D eigenvalue weighted by atomic mass is 9.34. The normalized spacial score (nSPS) is 50.9. The summed E-state index contributed by atoms with van der Waals surface area (Å²) in [6.07, 6.45) is 2.88. The molecule has 296 valence electrons. The summed E-state index contributed by atoms with van der Waals surface area (Å²) in [6, 6.07) is 2.29. The van der Waals surface area contributed by atoms with Gasteiger partial charge in [-0.1, -0.05) is 13.8 Å². The zero-order chi connectivity index (χ0) is 37.7. The van der Waals surface area contributed by atoms with Gasteiger partial charge < -0.3 is 49.3 Å². The minimum Gasteiger partial charge on any atom is -0.469 e. The summed E-state index contributed by atoms with van der Waals surface area (Å²) in [4.78, 5) is 42.3. The summed E-state index contributed by atoms with van der Waals surface area (Å²) in [5.74, 6) is -1.76. The van der Waals surface area contributed by atoms with Crippen LogP contribution in [-0.4, -0.2) is 101 Å². The van der Waals surface area contributed by atoms with E-state index in [2.05, 4.69) is 17.6 Å². The number of Topliss-reactive ketones (excluding diaryl/α,β-unsaturated/α-hetero) is 1. The lowest BCUT2D eigenvalue weighted by Crippen LogP contribution is -2.77. The molecular formula is C41H56N2O11. The van der Waals surface area contributed by atoms with E-state index in [0.717, 1.165) is 38.9 Å². The Morgan fingerprint density at radius 3 is 2.44 bits per heavy atom. The first kappa shape index (κ1) is 36.0. The minimum atomic E-state index is -1.45. The van der Waals surface area contributed by atoms with Gasteiger partial charge in [-0.05, 0) is 94.4 Å². The number of furan rings is 1. The SMILES string of the molecule is CC1(C)OC2C3CCC4CC5(C)C(c6ccoc6CC(C(O)CO)C6CCC(C7CNCN7)CC6)OC(=O)C6OC65C5(C)C(O)C(=O)C1C2(COC3=O)C45. The molecule has 9 fully saturated rings. The van der Waals surface area contributed by atoms with E-state index in [1.165, 1.54) is 0 Å². The Morgan fingerprint density at radius 2 is 1.72 bits per heavy atom. The Balaban J connectivity index is 1.03. The summed E-state index contributed by atoms with van der Waals surface area (Å²) in [6.45, 7) is 9.22. The van der Waals surface area contributed by atoms with E-state index in [1.54, 1.807) is 6.26 Å². The van der Waals surface area contributed by atoms with Crippen molar-refractivity contribution in [3.63, 3.8) is 0 Å². The van der Waals surface area contributed by atoms with Crippen molar-refractivity contribution in [1.29, 1.82) is 0 Å². The second-order valence-electron chi connectivity index (χ2n) is 19.5. The monoisotopic (exact) mass is 752 g/mol. The fourth-order valence-corrected chi connectivity index (χ4v) is 15.1. The van der Waals surface area contributed by atoms with Crippen LogP contribution in [0.2, 0.25) is 0 Å². The van der Waals surface area contributed by atoms with Gasteiger partial charge in [-0.2, -0.15) is 0 Å². The van der Waals surface area contributed by atoms with E-state index in [9.17, 15) is 29.7 Å². The largest absolute Gasteiger partial charge is 0.469 e. The molecule has 2 bridgehead atoms. The lowest BCUT2D eigenvalue weighted by molar-refractivity contribution is -0.266. The number of nitrogens with one attached hydrogen (secondary N) is 2. The molecule has 4 aliphatic carbocycles. The van der Waals surface area contributed by atoms with Gasteiger partial charge >= 0.3 is 11.9 Å². The average molecular weight is 753 g/mol. The van der Waals surface area contributed by atoms with E-state index < -0.39 is 75.8 Å². The Kier molecular flexibility index (Phi) is 7.88. The third kappa shape index (κ3) is 4.33. The molecule has 0 amide bonds. The van der Waals surface area contributed by atoms with Crippen LogP contribution in [0.15, 0.2) is 16.7 Å². The molecular weight excluding hydrogens is 696 g/mol. The number of epoxide rings is 1. The highest BCUT2D eigenvalue weighted by Crippen LogP contribution is 2.82. The highest BCUT2D eigenvalue weighted by molar-refractivity contribution is 5.92. The molecule has 4 saturated carbocycles. The van der Waals surface area contributed by atoms with Gasteiger partial charge in [0.05, 0.1) is 42.5 Å². The average Bonchev–Trinajstić information content (AvgIpc) is 3.40. The van der Waals surface area contributed by atoms with Crippen molar-refractivity contribution >= 4 is 17.7 Å². The van der Waals surface area contributed by atoms with Crippen molar-refractivity contribution < 1.29 is 53.1 Å². The quantitative estimate of drug-likeness (QED) is 0.202. The van der Waals surface area contributed by atoms with Crippen LogP contribution in [-0.2, 0) is 39.8 Å². The number of aliphatic hydroxyl groups is 3. The molecule has 0 aromatic carbocycles. The van der Waals surface area contributed by atoms with E-state index >= 15 is 0 Å². The first-order valence-corrected chi connectivity index (χ1v) is 20.5. The van der Waals surface area contributed by atoms with E-state index in [0.29, 0.717) is 49.0 Å². The summed E-state index contributed by atoms with van der Waals surface area (Å²) >= 11 is 0. The molecule has 54 heavy (non-hydrogen) atoms. The third-order valence-corrected chi connectivity index (χ3v) is 17.0. The summed E-state index contributed by atoms with van der Waals surface area (Å²) < 4.78 is 32.0. The second kappa shape index (κ2) is 11.8. The van der Waals surface area contributed by atoms with Gasteiger partial charge in [0.25, 0.3) is 0 Å². The van der Waals surface area contributed by atoms with Crippen LogP contribution in [0, 0.1) is 57.7 Å². The number of ketones is 1. The highest BCUT2D eigenvalue weighted by Gasteiger charge is 2.92. The zero-order valence-electron chi connectivity index (χ0n) is 31.8. The maximum Gasteiger partial charge on any atom is 0.339 e. The van der Waals surface area contributed by atoms with Gasteiger partial charge in [0.15, 0.2) is 11.9 Å². The molecule has 15 atom stereocenters. The highest BCUT2D eigenvalue weighted by atomic mass is 16.7. The van der Waals surface area contributed by atoms with Crippen molar-refractivity contribution in [3.8, 4) is 0 Å². The number of carbonyl (C=O) groups excluding carboxylic acids is 3. The molecule has 5 saturated heterocycles. The second-order valence-corrected chi connectivity index (χ2v) is 19.5. The van der Waals surface area contributed by atoms with Crippen LogP contribution < -0.4 is 10.6 Å². The van der Waals surface area contributed by atoms with Crippen molar-refractivity contribution in [2.45, 2.75) is 127 Å². The number of cyclic esters (lactones) is 2. The summed E-state index contributed by atoms with van der Waals surface area (Å²) in [5, 5.41) is 41.0. The van der Waals surface area contributed by atoms with E-state index in [4.69, 9.17) is 23.4 Å². The molecule has 10 rings (SSSR count). The van der Waals surface area contributed by atoms with Crippen LogP contribution in [0.4, 0.5) is 0 Å². The van der Waals surface area contributed by atoms with Gasteiger partial charge in [0.2, 0.25) is 0 Å². The summed E-state index contributed by atoms with van der Waals surface area (Å²) in [7, 11) is 0. The molecule has 13 nitrogen and oxygen atoms in total. The van der Waals surface area contributed by atoms with Gasteiger partial charge in [0, 0.05) is 47.5 Å². The number of hydrogen-bond acceptors (Lipinski definition) is 13. The third-order valence-electron chi connectivity index (χ3n) is 17.0. The standard InChI is InChI=1S/C41H56N2O11/c1-37(2)30-28(46)31(47)39(4)29-21(9-10-23-33(53-37)40(29,30)17-51-35(23)48)14-38(3)32(52-36(49)34-41(38,39)54-34)22-11-12-50-27(22)13-24(26(45)16-44)19-5-7-20(8-6-19)25-15-42-18-43-25/h11-12,19-21,23-26,29-34,42-45,47H,5-10,13-18H2,1-4H3. The fourth-order valence-electron chi connectivity index (χ4n) is 15.1. The van der Waals surface area contributed by atoms with E-state index in [1.807, 2.05) is 26.8 Å². The van der Waals surface area contributed by atoms with E-state index in [-0.39, 0.29) is 48.6 Å². The number of aliphatic hydroxyl groups excluding tert-OH is 3. The van der Waals surface area contributed by atoms with Crippen molar-refractivity contribution in [3.05, 3.63) is 23.7 Å². The smallest absolute Gasteiger partial charge is 0.339 e. The molecule has 5 N–H and O–H groups in total. The Bertz CT molecular complexity index is 1730. The maximum atomic E-state index is 14.8. The summed E-state index contributed by atoms with van der Waals surface area (Å²) in [5.41, 5.74) is -4.51. The Hall–Kier alpha value is -2.39. The van der Waals surface area contributed by atoms with Gasteiger partial charge in [-0.25, -0.2) is 4.79 Å². The van der Waals surface area contributed by atoms with Crippen molar-refractivity contribution in [2.75, 3.05) is 26.4 Å². The number of ether oxygens (including phenoxy) is 4. The Morgan fingerprint density at radius 1 is 0.963 bits per heavy atom. The number of esters is 2. The molecule has 9 aliphatic rings. The molecule has 0 radical (unpaired) electrons. The molecule has 2 spiro atoms. The fraction of sp³-hybridized carbons (Fsp3) is 0.829. The first-order chi connectivity index (χ1) is 25.7. The lowest BCUT2D eigenvalue weighted by Gasteiger charge is -2.68. The minimum absolute atomic E-state index is 0.0259. The van der Waals surface area contributed by atoms with Crippen molar-refractivity contribution in [1.82, 2.24) is 10.6 Å². The maximum absolute atomic E-state index is 14.8. The van der Waals surface area contributed by atoms with Crippen LogP contribution in [0.5, 0.6) is 0 Å². The molecule has 15 unspecified atom stereocenters. The number of hydrogen-bond donors (Lipinski definition) is 5. The topological polar surface area (TPSA) is 189 Å². The number of rotatable bonds is 7. The number of carbonyl (C=O) groups is 3.